The van der Waals surface area contributed by atoms with Gasteiger partial charge in [-0.3, -0.25) is 0 Å². The zero-order chi connectivity index (χ0) is 12.5. The molecule has 2 rings (SSSR count). The summed E-state index contributed by atoms with van der Waals surface area (Å²) in [6, 6.07) is 9.18. The molecule has 94 valence electrons. The molecule has 17 heavy (non-hydrogen) atoms. The van der Waals surface area contributed by atoms with Crippen LogP contribution < -0.4 is 5.32 Å². The third kappa shape index (κ3) is 3.46. The largest absolute Gasteiger partial charge is 0.307 e. The van der Waals surface area contributed by atoms with Crippen molar-refractivity contribution in [1.29, 1.82) is 0 Å². The Morgan fingerprint density at radius 3 is 2.76 bits per heavy atom. The number of hydrogen-bond acceptors (Lipinski definition) is 1. The monoisotopic (exact) mass is 251 g/mol. The Bertz CT molecular complexity index is 386. The van der Waals surface area contributed by atoms with E-state index in [1.807, 2.05) is 12.1 Å². The maximum Gasteiger partial charge on any atom is 0.0409 e. The molecule has 1 aromatic carbocycles. The predicted molar refractivity (Wildman–Crippen MR) is 74.4 cm³/mol. The van der Waals surface area contributed by atoms with Crippen LogP contribution in [0.25, 0.3) is 0 Å². The smallest absolute Gasteiger partial charge is 0.0409 e. The molecule has 1 fully saturated rings. The summed E-state index contributed by atoms with van der Waals surface area (Å²) in [5.41, 5.74) is 1.79. The minimum absolute atomic E-state index is 0.382. The quantitative estimate of drug-likeness (QED) is 0.830. The second-order valence-corrected chi connectivity index (χ2v) is 6.48. The van der Waals surface area contributed by atoms with Crippen molar-refractivity contribution in [2.24, 2.45) is 5.41 Å². The summed E-state index contributed by atoms with van der Waals surface area (Å²) in [6.45, 7) is 6.94. The first-order valence-corrected chi connectivity index (χ1v) is 6.86. The molecule has 0 amide bonds. The molecule has 1 N–H and O–H groups in total. The van der Waals surface area contributed by atoms with E-state index >= 15 is 0 Å². The molecule has 1 aliphatic carbocycles. The van der Waals surface area contributed by atoms with Crippen LogP contribution in [-0.2, 0) is 0 Å². The van der Waals surface area contributed by atoms with Gasteiger partial charge in [-0.1, -0.05) is 37.6 Å². The van der Waals surface area contributed by atoms with Crippen LogP contribution in [-0.4, -0.2) is 6.04 Å². The van der Waals surface area contributed by atoms with Crippen LogP contribution in [0.2, 0.25) is 5.02 Å². The van der Waals surface area contributed by atoms with Crippen LogP contribution in [0.3, 0.4) is 0 Å². The number of rotatable bonds is 3. The highest BCUT2D eigenvalue weighted by Gasteiger charge is 2.31. The SMILES string of the molecule is CC(NC1CCC(C)(C)C1)c1cccc(Cl)c1. The first-order valence-electron chi connectivity index (χ1n) is 6.48. The van der Waals surface area contributed by atoms with Crippen LogP contribution in [0, 0.1) is 5.41 Å². The first kappa shape index (κ1) is 12.9. The Morgan fingerprint density at radius 1 is 1.41 bits per heavy atom. The Balaban J connectivity index is 1.96. The summed E-state index contributed by atoms with van der Waals surface area (Å²) in [7, 11) is 0. The van der Waals surface area contributed by atoms with Crippen LogP contribution in [0.15, 0.2) is 24.3 Å². The van der Waals surface area contributed by atoms with Crippen molar-refractivity contribution >= 4 is 11.6 Å². The highest BCUT2D eigenvalue weighted by Crippen LogP contribution is 2.37. The van der Waals surface area contributed by atoms with E-state index in [9.17, 15) is 0 Å². The van der Waals surface area contributed by atoms with E-state index in [1.165, 1.54) is 24.8 Å². The number of halogens is 1. The average molecular weight is 252 g/mol. The van der Waals surface area contributed by atoms with E-state index in [-0.39, 0.29) is 0 Å². The van der Waals surface area contributed by atoms with Gasteiger partial charge in [-0.05, 0) is 49.3 Å². The number of benzene rings is 1. The van der Waals surface area contributed by atoms with E-state index in [4.69, 9.17) is 11.6 Å². The van der Waals surface area contributed by atoms with Gasteiger partial charge in [0.05, 0.1) is 0 Å². The summed E-state index contributed by atoms with van der Waals surface area (Å²) in [4.78, 5) is 0. The molecule has 0 bridgehead atoms. The van der Waals surface area contributed by atoms with Crippen molar-refractivity contribution in [2.75, 3.05) is 0 Å². The molecule has 2 atom stereocenters. The molecular weight excluding hydrogens is 230 g/mol. The van der Waals surface area contributed by atoms with E-state index in [1.54, 1.807) is 0 Å². The van der Waals surface area contributed by atoms with Gasteiger partial charge in [0.15, 0.2) is 0 Å². The van der Waals surface area contributed by atoms with E-state index in [0.29, 0.717) is 17.5 Å². The Hall–Kier alpha value is -0.530. The molecule has 1 aliphatic rings. The van der Waals surface area contributed by atoms with Crippen molar-refractivity contribution in [3.63, 3.8) is 0 Å². The summed E-state index contributed by atoms with van der Waals surface area (Å²) >= 11 is 6.02. The van der Waals surface area contributed by atoms with Crippen molar-refractivity contribution in [3.05, 3.63) is 34.9 Å². The maximum atomic E-state index is 6.02. The van der Waals surface area contributed by atoms with Crippen LogP contribution in [0.1, 0.15) is 51.6 Å². The highest BCUT2D eigenvalue weighted by molar-refractivity contribution is 6.30. The van der Waals surface area contributed by atoms with Gasteiger partial charge in [0, 0.05) is 17.1 Å². The molecule has 2 unspecified atom stereocenters. The van der Waals surface area contributed by atoms with Crippen LogP contribution >= 0.6 is 11.6 Å². The lowest BCUT2D eigenvalue weighted by molar-refractivity contribution is 0.356. The molecule has 1 saturated carbocycles. The van der Waals surface area contributed by atoms with Gasteiger partial charge < -0.3 is 5.32 Å². The maximum absolute atomic E-state index is 6.02. The summed E-state index contributed by atoms with van der Waals surface area (Å²) < 4.78 is 0. The fourth-order valence-corrected chi connectivity index (χ4v) is 3.00. The van der Waals surface area contributed by atoms with Gasteiger partial charge in [-0.25, -0.2) is 0 Å². The third-order valence-electron chi connectivity index (χ3n) is 3.80. The van der Waals surface area contributed by atoms with Crippen molar-refractivity contribution < 1.29 is 0 Å². The lowest BCUT2D eigenvalue weighted by Gasteiger charge is -2.22. The lowest BCUT2D eigenvalue weighted by atomic mass is 9.91. The predicted octanol–water partition coefficient (Wildman–Crippen LogP) is 4.57. The van der Waals surface area contributed by atoms with E-state index in [2.05, 4.69) is 38.2 Å². The molecule has 0 radical (unpaired) electrons. The molecule has 0 saturated heterocycles. The van der Waals surface area contributed by atoms with Crippen molar-refractivity contribution in [1.82, 2.24) is 5.32 Å². The van der Waals surface area contributed by atoms with Gasteiger partial charge in [0.25, 0.3) is 0 Å². The molecule has 1 aromatic rings. The van der Waals surface area contributed by atoms with E-state index in [0.717, 1.165) is 5.02 Å². The molecule has 0 heterocycles. The summed E-state index contributed by atoms with van der Waals surface area (Å²) in [5.74, 6) is 0. The zero-order valence-electron chi connectivity index (χ0n) is 11.0. The average Bonchev–Trinajstić information content (AvgIpc) is 2.58. The number of nitrogens with one attached hydrogen (secondary N) is 1. The minimum atomic E-state index is 0.382. The highest BCUT2D eigenvalue weighted by atomic mass is 35.5. The molecule has 0 aliphatic heterocycles. The van der Waals surface area contributed by atoms with Gasteiger partial charge in [0.1, 0.15) is 0 Å². The second-order valence-electron chi connectivity index (χ2n) is 6.05. The molecular formula is C15H22ClN. The zero-order valence-corrected chi connectivity index (χ0v) is 11.7. The standard InChI is InChI=1S/C15H22ClN/c1-11(12-5-4-6-13(16)9-12)17-14-7-8-15(2,3)10-14/h4-6,9,11,14,17H,7-8,10H2,1-3H3. The normalized spacial score (nSPS) is 24.8. The van der Waals surface area contributed by atoms with Gasteiger partial charge in [0.2, 0.25) is 0 Å². The lowest BCUT2D eigenvalue weighted by Crippen LogP contribution is -2.30. The Morgan fingerprint density at radius 2 is 2.18 bits per heavy atom. The molecule has 1 nitrogen and oxygen atoms in total. The minimum Gasteiger partial charge on any atom is -0.307 e. The van der Waals surface area contributed by atoms with Crippen LogP contribution in [0.5, 0.6) is 0 Å². The van der Waals surface area contributed by atoms with Crippen LogP contribution in [0.4, 0.5) is 0 Å². The number of hydrogen-bond donors (Lipinski definition) is 1. The topological polar surface area (TPSA) is 12.0 Å². The summed E-state index contributed by atoms with van der Waals surface area (Å²) in [5, 5.41) is 4.54. The molecule has 2 heteroatoms. The van der Waals surface area contributed by atoms with Gasteiger partial charge >= 0.3 is 0 Å². The Kier molecular flexibility index (Phi) is 3.79. The van der Waals surface area contributed by atoms with Crippen molar-refractivity contribution in [2.45, 2.75) is 52.1 Å². The Labute approximate surface area is 110 Å². The molecule has 0 spiro atoms. The van der Waals surface area contributed by atoms with Gasteiger partial charge in [-0.2, -0.15) is 0 Å². The second kappa shape index (κ2) is 4.99. The molecule has 0 aromatic heterocycles. The van der Waals surface area contributed by atoms with Gasteiger partial charge in [-0.15, -0.1) is 0 Å². The van der Waals surface area contributed by atoms with Crippen molar-refractivity contribution in [3.8, 4) is 0 Å². The fourth-order valence-electron chi connectivity index (χ4n) is 2.80. The summed E-state index contributed by atoms with van der Waals surface area (Å²) in [6.07, 6.45) is 3.89. The fraction of sp³-hybridized carbons (Fsp3) is 0.600. The van der Waals surface area contributed by atoms with E-state index < -0.39 is 0 Å². The first-order chi connectivity index (χ1) is 7.96. The third-order valence-corrected chi connectivity index (χ3v) is 4.04.